The summed E-state index contributed by atoms with van der Waals surface area (Å²) in [4.78, 5) is 10.4. The lowest BCUT2D eigenvalue weighted by molar-refractivity contribution is 0.0534. The molecule has 1 aromatic heterocycles. The summed E-state index contributed by atoms with van der Waals surface area (Å²) in [5, 5.41) is 3.84. The number of hydrogen-bond acceptors (Lipinski definition) is 6. The van der Waals surface area contributed by atoms with Crippen molar-refractivity contribution in [3.63, 3.8) is 0 Å². The van der Waals surface area contributed by atoms with E-state index in [2.05, 4.69) is 15.3 Å². The van der Waals surface area contributed by atoms with Crippen LogP contribution in [0.1, 0.15) is 0 Å². The van der Waals surface area contributed by atoms with Crippen molar-refractivity contribution in [2.24, 2.45) is 0 Å². The summed E-state index contributed by atoms with van der Waals surface area (Å²) < 4.78 is 38.0. The fraction of sp³-hybridized carbons (Fsp3) is 0.300. The van der Waals surface area contributed by atoms with E-state index in [-0.39, 0.29) is 17.4 Å². The number of benzene rings is 2. The largest absolute Gasteiger partial charge is 0.497 e. The van der Waals surface area contributed by atoms with Crippen LogP contribution in [0.4, 0.5) is 20.3 Å². The Kier molecular flexibility index (Phi) is 5.64. The number of alkyl halides is 1. The minimum absolute atomic E-state index is 0.0253. The van der Waals surface area contributed by atoms with E-state index in [0.717, 1.165) is 5.39 Å². The Labute approximate surface area is 171 Å². The predicted molar refractivity (Wildman–Crippen MR) is 108 cm³/mol. The number of hydrogen-bond donors (Lipinski definition) is 1. The minimum atomic E-state index is -0.781. The quantitative estimate of drug-likeness (QED) is 0.618. The van der Waals surface area contributed by atoms with Gasteiger partial charge in [-0.2, -0.15) is 0 Å². The van der Waals surface area contributed by atoms with Crippen molar-refractivity contribution in [3.8, 4) is 11.5 Å². The Balaban J connectivity index is 1.53. The summed E-state index contributed by atoms with van der Waals surface area (Å²) in [6.07, 6.45) is 0.647. The zero-order chi connectivity index (χ0) is 20.4. The van der Waals surface area contributed by atoms with E-state index in [0.29, 0.717) is 42.4 Å². The van der Waals surface area contributed by atoms with Gasteiger partial charge < -0.3 is 14.8 Å². The van der Waals surface area contributed by atoms with Crippen LogP contribution in [0.2, 0.25) is 5.02 Å². The number of ether oxygens (including phenoxy) is 2. The standard InChI is InChI=1S/C20H19ClF2N4O2/c1-28-14-2-3-15-17(8-14)24-11-25-20(15)26-13-6-16(21)19(23)18(7-13)29-5-4-27-9-12(22)10-27/h2-3,6-8,11-12H,4-5,9-10H2,1H3,(H,24,25,26). The summed E-state index contributed by atoms with van der Waals surface area (Å²) in [7, 11) is 1.58. The van der Waals surface area contributed by atoms with Crippen molar-refractivity contribution in [3.05, 3.63) is 47.5 Å². The number of methoxy groups -OCH3 is 1. The molecule has 0 amide bonds. The molecule has 0 radical (unpaired) electrons. The molecule has 1 saturated heterocycles. The van der Waals surface area contributed by atoms with Crippen molar-refractivity contribution >= 4 is 34.0 Å². The van der Waals surface area contributed by atoms with Crippen LogP contribution < -0.4 is 14.8 Å². The van der Waals surface area contributed by atoms with E-state index < -0.39 is 12.0 Å². The third-order valence-corrected chi connectivity index (χ3v) is 4.95. The highest BCUT2D eigenvalue weighted by molar-refractivity contribution is 6.31. The molecule has 0 spiro atoms. The first-order valence-corrected chi connectivity index (χ1v) is 9.45. The number of nitrogens with zero attached hydrogens (tertiary/aromatic N) is 3. The molecule has 4 rings (SSSR count). The Morgan fingerprint density at radius 1 is 1.24 bits per heavy atom. The highest BCUT2D eigenvalue weighted by Crippen LogP contribution is 2.32. The van der Waals surface area contributed by atoms with Crippen LogP contribution in [0.25, 0.3) is 10.9 Å². The van der Waals surface area contributed by atoms with Gasteiger partial charge in [0.15, 0.2) is 11.6 Å². The summed E-state index contributed by atoms with van der Waals surface area (Å²) >= 11 is 6.04. The molecule has 1 fully saturated rings. The molecule has 3 aromatic rings. The second-order valence-corrected chi connectivity index (χ2v) is 7.11. The van der Waals surface area contributed by atoms with Gasteiger partial charge in [-0.1, -0.05) is 11.6 Å². The van der Waals surface area contributed by atoms with Gasteiger partial charge in [-0.15, -0.1) is 0 Å². The fourth-order valence-electron chi connectivity index (χ4n) is 3.12. The van der Waals surface area contributed by atoms with Gasteiger partial charge in [-0.3, -0.25) is 4.90 Å². The number of halogens is 3. The van der Waals surface area contributed by atoms with Gasteiger partial charge in [0.1, 0.15) is 30.7 Å². The Hall–Kier alpha value is -2.71. The predicted octanol–water partition coefficient (Wildman–Crippen LogP) is 4.21. The Bertz CT molecular complexity index is 1030. The number of fused-ring (bicyclic) bond motifs is 1. The summed E-state index contributed by atoms with van der Waals surface area (Å²) in [6, 6.07) is 8.42. The highest BCUT2D eigenvalue weighted by Gasteiger charge is 2.25. The number of nitrogens with one attached hydrogen (secondary N) is 1. The highest BCUT2D eigenvalue weighted by atomic mass is 35.5. The molecule has 9 heteroatoms. The summed E-state index contributed by atoms with van der Waals surface area (Å²) in [6.45, 7) is 1.53. The van der Waals surface area contributed by atoms with E-state index >= 15 is 0 Å². The van der Waals surface area contributed by atoms with E-state index in [9.17, 15) is 8.78 Å². The smallest absolute Gasteiger partial charge is 0.183 e. The topological polar surface area (TPSA) is 59.5 Å². The average molecular weight is 421 g/mol. The Morgan fingerprint density at radius 2 is 2.07 bits per heavy atom. The molecule has 152 valence electrons. The lowest BCUT2D eigenvalue weighted by atomic mass is 10.2. The molecular weight excluding hydrogens is 402 g/mol. The molecule has 0 unspecified atom stereocenters. The van der Waals surface area contributed by atoms with Crippen LogP contribution >= 0.6 is 11.6 Å². The average Bonchev–Trinajstić information content (AvgIpc) is 2.69. The van der Waals surface area contributed by atoms with Crippen LogP contribution in [0, 0.1) is 5.82 Å². The van der Waals surface area contributed by atoms with E-state index in [1.807, 2.05) is 11.0 Å². The van der Waals surface area contributed by atoms with Crippen LogP contribution in [-0.4, -0.2) is 54.4 Å². The Morgan fingerprint density at radius 3 is 2.83 bits per heavy atom. The number of aromatic nitrogens is 2. The number of rotatable bonds is 7. The monoisotopic (exact) mass is 420 g/mol. The van der Waals surface area contributed by atoms with Crippen molar-refractivity contribution in [2.75, 3.05) is 38.7 Å². The maximum Gasteiger partial charge on any atom is 0.183 e. The summed E-state index contributed by atoms with van der Waals surface area (Å²) in [5.41, 5.74) is 1.22. The molecule has 0 saturated carbocycles. The molecular formula is C20H19ClF2N4O2. The molecule has 6 nitrogen and oxygen atoms in total. The maximum atomic E-state index is 14.3. The lowest BCUT2D eigenvalue weighted by Gasteiger charge is -2.33. The first-order chi connectivity index (χ1) is 14.0. The van der Waals surface area contributed by atoms with Gasteiger partial charge in [-0.05, 0) is 18.2 Å². The molecule has 29 heavy (non-hydrogen) atoms. The molecule has 0 atom stereocenters. The van der Waals surface area contributed by atoms with E-state index in [1.165, 1.54) is 18.5 Å². The number of likely N-dealkylation sites (tertiary alicyclic amines) is 1. The van der Waals surface area contributed by atoms with Crippen molar-refractivity contribution in [1.29, 1.82) is 0 Å². The van der Waals surface area contributed by atoms with E-state index in [4.69, 9.17) is 21.1 Å². The second-order valence-electron chi connectivity index (χ2n) is 6.71. The first kappa shape index (κ1) is 19.6. The maximum absolute atomic E-state index is 14.3. The molecule has 0 aliphatic carbocycles. The van der Waals surface area contributed by atoms with Crippen LogP contribution in [0.15, 0.2) is 36.7 Å². The lowest BCUT2D eigenvalue weighted by Crippen LogP contribution is -2.49. The van der Waals surface area contributed by atoms with Gasteiger partial charge in [0.05, 0.1) is 17.6 Å². The zero-order valence-corrected chi connectivity index (χ0v) is 16.4. The van der Waals surface area contributed by atoms with Crippen molar-refractivity contribution in [2.45, 2.75) is 6.17 Å². The molecule has 2 heterocycles. The molecule has 0 bridgehead atoms. The summed E-state index contributed by atoms with van der Waals surface area (Å²) in [5.74, 6) is 0.614. The van der Waals surface area contributed by atoms with Crippen molar-refractivity contribution in [1.82, 2.24) is 14.9 Å². The van der Waals surface area contributed by atoms with Gasteiger partial charge >= 0.3 is 0 Å². The molecule has 2 aromatic carbocycles. The van der Waals surface area contributed by atoms with Gasteiger partial charge in [0, 0.05) is 42.8 Å². The van der Waals surface area contributed by atoms with Crippen LogP contribution in [-0.2, 0) is 0 Å². The SMILES string of the molecule is COc1ccc2c(Nc3cc(Cl)c(F)c(OCCN4CC(F)C4)c3)ncnc2c1. The third kappa shape index (κ3) is 4.33. The molecule has 1 aliphatic rings. The molecule has 1 N–H and O–H groups in total. The number of anilines is 2. The van der Waals surface area contributed by atoms with E-state index in [1.54, 1.807) is 19.2 Å². The normalized spacial score (nSPS) is 14.6. The van der Waals surface area contributed by atoms with Crippen molar-refractivity contribution < 1.29 is 18.3 Å². The zero-order valence-electron chi connectivity index (χ0n) is 15.7. The van der Waals surface area contributed by atoms with Gasteiger partial charge in [0.2, 0.25) is 0 Å². The third-order valence-electron chi connectivity index (χ3n) is 4.68. The first-order valence-electron chi connectivity index (χ1n) is 9.07. The fourth-order valence-corrected chi connectivity index (χ4v) is 3.33. The van der Waals surface area contributed by atoms with Gasteiger partial charge in [-0.25, -0.2) is 18.7 Å². The molecule has 1 aliphatic heterocycles. The van der Waals surface area contributed by atoms with Gasteiger partial charge in [0.25, 0.3) is 0 Å². The van der Waals surface area contributed by atoms with Crippen LogP contribution in [0.3, 0.4) is 0 Å². The minimum Gasteiger partial charge on any atom is -0.497 e. The second kappa shape index (κ2) is 8.34. The van der Waals surface area contributed by atoms with Crippen LogP contribution in [0.5, 0.6) is 11.5 Å².